The Morgan fingerprint density at radius 1 is 1.19 bits per heavy atom. The van der Waals surface area contributed by atoms with Crippen molar-refractivity contribution in [3.8, 4) is 0 Å². The van der Waals surface area contributed by atoms with E-state index in [0.29, 0.717) is 28.5 Å². The standard InChI is InChI=1S/C24H27ClN3O2S/c1-24(11-10-20(29)21-8-9-22(25)31-21)16-19(26-30-24)17-4-6-18(7-5-17)23(27-12-2-13-27)28-14-3-15-28/h4-9H,2-3,10-16H2,1H3/q+1. The summed E-state index contributed by atoms with van der Waals surface area (Å²) < 4.78 is 3.13. The summed E-state index contributed by atoms with van der Waals surface area (Å²) in [6, 6.07) is 12.3. The Bertz CT molecular complexity index is 1050. The second-order valence-corrected chi connectivity index (χ2v) is 10.6. The van der Waals surface area contributed by atoms with Crippen molar-refractivity contribution in [3.63, 3.8) is 0 Å². The highest BCUT2D eigenvalue weighted by atomic mass is 35.5. The lowest BCUT2D eigenvalue weighted by Gasteiger charge is -2.31. The van der Waals surface area contributed by atoms with Crippen LogP contribution in [0.15, 0.2) is 41.6 Å². The monoisotopic (exact) mass is 456 g/mol. The molecule has 1 unspecified atom stereocenters. The Kier molecular flexibility index (Phi) is 5.61. The van der Waals surface area contributed by atoms with Crippen molar-refractivity contribution in [1.29, 1.82) is 0 Å². The van der Waals surface area contributed by atoms with Gasteiger partial charge in [-0.15, -0.1) is 11.3 Å². The zero-order chi connectivity index (χ0) is 21.4. The van der Waals surface area contributed by atoms with Crippen LogP contribution < -0.4 is 0 Å². The predicted molar refractivity (Wildman–Crippen MR) is 125 cm³/mol. The SMILES string of the molecule is CC1(CCC(=O)c2ccc(Cl)s2)CC(c2ccc(C(N3CCC3)=[N+]3CCC3)cc2)=NO1. The molecule has 3 aliphatic rings. The number of amidine groups is 1. The van der Waals surface area contributed by atoms with Crippen LogP contribution in [0.4, 0.5) is 0 Å². The lowest BCUT2D eigenvalue weighted by atomic mass is 9.90. The molecule has 162 valence electrons. The zero-order valence-corrected chi connectivity index (χ0v) is 19.3. The number of likely N-dealkylation sites (tertiary alicyclic amines) is 1. The molecule has 4 heterocycles. The minimum absolute atomic E-state index is 0.111. The Morgan fingerprint density at radius 3 is 2.55 bits per heavy atom. The van der Waals surface area contributed by atoms with Gasteiger partial charge in [0.25, 0.3) is 5.84 Å². The first-order valence-corrected chi connectivity index (χ1v) is 12.2. The number of hydrogen-bond acceptors (Lipinski definition) is 4. The molecule has 2 fully saturated rings. The van der Waals surface area contributed by atoms with Crippen LogP contribution >= 0.6 is 22.9 Å². The predicted octanol–water partition coefficient (Wildman–Crippen LogP) is 4.82. The van der Waals surface area contributed by atoms with Crippen LogP contribution in [0, 0.1) is 0 Å². The minimum Gasteiger partial charge on any atom is -0.389 e. The lowest BCUT2D eigenvalue weighted by Crippen LogP contribution is -2.49. The van der Waals surface area contributed by atoms with Gasteiger partial charge in [0.05, 0.1) is 46.7 Å². The minimum atomic E-state index is -0.447. The first-order chi connectivity index (χ1) is 15.0. The number of carbonyl (C=O) groups is 1. The molecule has 2 saturated heterocycles. The average Bonchev–Trinajstić information content (AvgIpc) is 3.30. The number of ketones is 1. The second-order valence-electron chi connectivity index (χ2n) is 8.87. The van der Waals surface area contributed by atoms with Gasteiger partial charge in [-0.1, -0.05) is 28.9 Å². The van der Waals surface area contributed by atoms with E-state index in [0.717, 1.165) is 37.5 Å². The molecular weight excluding hydrogens is 430 g/mol. The molecule has 0 saturated carbocycles. The third-order valence-electron chi connectivity index (χ3n) is 6.43. The van der Waals surface area contributed by atoms with E-state index >= 15 is 0 Å². The third-order valence-corrected chi connectivity index (χ3v) is 7.71. The molecule has 1 atom stereocenters. The summed E-state index contributed by atoms with van der Waals surface area (Å²) in [5.41, 5.74) is 2.88. The van der Waals surface area contributed by atoms with E-state index in [9.17, 15) is 4.79 Å². The number of hydrogen-bond donors (Lipinski definition) is 0. The van der Waals surface area contributed by atoms with Gasteiger partial charge in [-0.25, -0.2) is 0 Å². The van der Waals surface area contributed by atoms with Crippen LogP contribution in [-0.2, 0) is 4.84 Å². The summed E-state index contributed by atoms with van der Waals surface area (Å²) in [4.78, 5) is 21.4. The summed E-state index contributed by atoms with van der Waals surface area (Å²) in [5, 5.41) is 4.37. The van der Waals surface area contributed by atoms with Gasteiger partial charge in [-0.2, -0.15) is 0 Å². The highest BCUT2D eigenvalue weighted by molar-refractivity contribution is 7.18. The molecule has 31 heavy (non-hydrogen) atoms. The second kappa shape index (κ2) is 8.40. The Labute approximate surface area is 192 Å². The molecule has 5 rings (SSSR count). The fraction of sp³-hybridized carbons (Fsp3) is 0.458. The molecule has 0 radical (unpaired) electrons. The van der Waals surface area contributed by atoms with Gasteiger partial charge in [-0.05, 0) is 43.2 Å². The van der Waals surface area contributed by atoms with Crippen molar-refractivity contribution < 1.29 is 14.2 Å². The molecule has 1 aromatic carbocycles. The Balaban J connectivity index is 1.23. The van der Waals surface area contributed by atoms with Crippen LogP contribution in [0.25, 0.3) is 0 Å². The van der Waals surface area contributed by atoms with Gasteiger partial charge >= 0.3 is 0 Å². The van der Waals surface area contributed by atoms with Crippen molar-refractivity contribution in [3.05, 3.63) is 56.7 Å². The first kappa shape index (κ1) is 20.7. The van der Waals surface area contributed by atoms with Gasteiger partial charge in [0, 0.05) is 25.7 Å². The number of carbonyl (C=O) groups excluding carboxylic acids is 1. The first-order valence-electron chi connectivity index (χ1n) is 11.0. The number of oxime groups is 1. The van der Waals surface area contributed by atoms with E-state index in [1.54, 1.807) is 12.1 Å². The van der Waals surface area contributed by atoms with E-state index in [4.69, 9.17) is 16.4 Å². The summed E-state index contributed by atoms with van der Waals surface area (Å²) in [5.74, 6) is 1.49. The maximum absolute atomic E-state index is 12.4. The van der Waals surface area contributed by atoms with Crippen molar-refractivity contribution in [2.75, 3.05) is 26.2 Å². The zero-order valence-electron chi connectivity index (χ0n) is 17.8. The van der Waals surface area contributed by atoms with E-state index in [1.807, 2.05) is 6.92 Å². The third kappa shape index (κ3) is 4.28. The summed E-state index contributed by atoms with van der Waals surface area (Å²) in [6.45, 7) is 6.66. The van der Waals surface area contributed by atoms with Crippen LogP contribution in [0.2, 0.25) is 4.34 Å². The normalized spacial score (nSPS) is 22.5. The van der Waals surface area contributed by atoms with Crippen LogP contribution in [-0.4, -0.2) is 58.6 Å². The number of Topliss-reactive ketones (excluding diaryl/α,β-unsaturated/α-hetero) is 1. The van der Waals surface area contributed by atoms with E-state index in [-0.39, 0.29) is 5.78 Å². The molecule has 7 heteroatoms. The van der Waals surface area contributed by atoms with Crippen LogP contribution in [0.3, 0.4) is 0 Å². The average molecular weight is 457 g/mol. The molecule has 3 aliphatic heterocycles. The molecule has 0 spiro atoms. The van der Waals surface area contributed by atoms with Gasteiger partial charge in [0.15, 0.2) is 5.78 Å². The molecule has 2 aromatic rings. The van der Waals surface area contributed by atoms with Crippen molar-refractivity contribution in [2.24, 2.45) is 5.16 Å². The number of nitrogens with zero attached hydrogens (tertiary/aromatic N) is 3. The molecule has 1 aromatic heterocycles. The van der Waals surface area contributed by atoms with Crippen LogP contribution in [0.5, 0.6) is 0 Å². The van der Waals surface area contributed by atoms with Gasteiger partial charge in [0.2, 0.25) is 0 Å². The molecule has 0 amide bonds. The molecule has 5 nitrogen and oxygen atoms in total. The van der Waals surface area contributed by atoms with Crippen molar-refractivity contribution in [1.82, 2.24) is 4.90 Å². The van der Waals surface area contributed by atoms with Crippen LogP contribution in [0.1, 0.15) is 59.8 Å². The van der Waals surface area contributed by atoms with Gasteiger partial charge in [0.1, 0.15) is 5.60 Å². The quantitative estimate of drug-likeness (QED) is 0.355. The van der Waals surface area contributed by atoms with Crippen molar-refractivity contribution >= 4 is 40.3 Å². The van der Waals surface area contributed by atoms with Gasteiger partial charge in [-0.3, -0.25) is 14.3 Å². The fourth-order valence-corrected chi connectivity index (χ4v) is 5.28. The Morgan fingerprint density at radius 2 is 1.97 bits per heavy atom. The number of halogens is 1. The number of benzene rings is 1. The smallest absolute Gasteiger partial charge is 0.279 e. The van der Waals surface area contributed by atoms with Crippen molar-refractivity contribution in [2.45, 2.75) is 44.6 Å². The maximum atomic E-state index is 12.4. The summed E-state index contributed by atoms with van der Waals surface area (Å²) in [7, 11) is 0. The fourth-order valence-electron chi connectivity index (χ4n) is 4.27. The summed E-state index contributed by atoms with van der Waals surface area (Å²) in [6.07, 6.45) is 4.33. The van der Waals surface area contributed by atoms with E-state index < -0.39 is 5.60 Å². The van der Waals surface area contributed by atoms with E-state index in [1.165, 1.54) is 35.6 Å². The number of rotatable bonds is 6. The maximum Gasteiger partial charge on any atom is 0.279 e. The topological polar surface area (TPSA) is 44.9 Å². The lowest BCUT2D eigenvalue weighted by molar-refractivity contribution is -0.587. The molecule has 0 N–H and O–H groups in total. The highest BCUT2D eigenvalue weighted by Crippen LogP contribution is 2.32. The summed E-state index contributed by atoms with van der Waals surface area (Å²) >= 11 is 7.28. The molecular formula is C24H27ClN3O2S+. The van der Waals surface area contributed by atoms with Gasteiger partial charge < -0.3 is 4.84 Å². The highest BCUT2D eigenvalue weighted by Gasteiger charge is 2.36. The molecule has 0 bridgehead atoms. The Hall–Kier alpha value is -2.18. The largest absolute Gasteiger partial charge is 0.389 e. The molecule has 0 aliphatic carbocycles. The number of thiophene rings is 1. The van der Waals surface area contributed by atoms with E-state index in [2.05, 4.69) is 38.9 Å².